The van der Waals surface area contributed by atoms with E-state index in [1.165, 1.54) is 18.0 Å². The molecule has 0 bridgehead atoms. The van der Waals surface area contributed by atoms with E-state index in [4.69, 9.17) is 21.1 Å². The number of aliphatic hydroxyl groups excluding tert-OH is 1. The fourth-order valence-electron chi connectivity index (χ4n) is 1.08. The van der Waals surface area contributed by atoms with E-state index in [1.54, 1.807) is 18.3 Å². The molecule has 0 aliphatic heterocycles. The molecule has 3 nitrogen and oxygen atoms in total. The van der Waals surface area contributed by atoms with Gasteiger partial charge in [-0.1, -0.05) is 17.7 Å². The molecule has 1 heterocycles. The van der Waals surface area contributed by atoms with E-state index in [0.717, 1.165) is 4.90 Å². The summed E-state index contributed by atoms with van der Waals surface area (Å²) in [5.74, 6) is 0. The van der Waals surface area contributed by atoms with Crippen LogP contribution in [0.4, 0.5) is 0 Å². The molecule has 0 radical (unpaired) electrons. The van der Waals surface area contributed by atoms with Crippen molar-refractivity contribution < 1.29 is 9.52 Å². The highest BCUT2D eigenvalue weighted by molar-refractivity contribution is 7.99. The molecule has 1 N–H and O–H groups in total. The molecule has 2 aromatic rings. The lowest BCUT2D eigenvalue weighted by molar-refractivity contribution is 0.282. The minimum Gasteiger partial charge on any atom is -0.440 e. The standard InChI is InChI=1S/C10H8ClNO2S/c11-9-5-8(2-1-7(9)6-13)15-10-12-3-4-14-10/h1-5,13H,6H2. The summed E-state index contributed by atoms with van der Waals surface area (Å²) in [6.07, 6.45) is 3.11. The minimum absolute atomic E-state index is 0.0528. The van der Waals surface area contributed by atoms with Crippen LogP contribution < -0.4 is 0 Å². The molecule has 2 rings (SSSR count). The Morgan fingerprint density at radius 2 is 2.33 bits per heavy atom. The third kappa shape index (κ3) is 2.53. The summed E-state index contributed by atoms with van der Waals surface area (Å²) in [5.41, 5.74) is 0.716. The maximum Gasteiger partial charge on any atom is 0.260 e. The Bertz CT molecular complexity index is 445. The van der Waals surface area contributed by atoms with Crippen molar-refractivity contribution in [3.05, 3.63) is 41.2 Å². The molecule has 0 atom stereocenters. The average Bonchev–Trinajstić information content (AvgIpc) is 2.71. The SMILES string of the molecule is OCc1ccc(Sc2ncco2)cc1Cl. The number of oxazole rings is 1. The van der Waals surface area contributed by atoms with Gasteiger partial charge in [0.05, 0.1) is 12.8 Å². The zero-order chi connectivity index (χ0) is 10.7. The number of nitrogens with zero attached hydrogens (tertiary/aromatic N) is 1. The molecule has 15 heavy (non-hydrogen) atoms. The van der Waals surface area contributed by atoms with Crippen molar-refractivity contribution in [2.45, 2.75) is 16.7 Å². The predicted octanol–water partition coefficient (Wildman–Crippen LogP) is 2.97. The smallest absolute Gasteiger partial charge is 0.260 e. The van der Waals surface area contributed by atoms with Crippen molar-refractivity contribution in [2.75, 3.05) is 0 Å². The van der Waals surface area contributed by atoms with Gasteiger partial charge in [-0.25, -0.2) is 4.98 Å². The average molecular weight is 242 g/mol. The lowest BCUT2D eigenvalue weighted by Gasteiger charge is -2.02. The van der Waals surface area contributed by atoms with Gasteiger partial charge >= 0.3 is 0 Å². The lowest BCUT2D eigenvalue weighted by Crippen LogP contribution is -1.84. The Kier molecular flexibility index (Phi) is 3.30. The third-order valence-corrected chi connectivity index (χ3v) is 3.03. The monoisotopic (exact) mass is 241 g/mol. The van der Waals surface area contributed by atoms with E-state index in [9.17, 15) is 0 Å². The van der Waals surface area contributed by atoms with Gasteiger partial charge in [-0.2, -0.15) is 0 Å². The van der Waals surface area contributed by atoms with E-state index in [1.807, 2.05) is 6.07 Å². The molecule has 0 spiro atoms. The second kappa shape index (κ2) is 4.70. The van der Waals surface area contributed by atoms with Crippen LogP contribution in [0.25, 0.3) is 0 Å². The van der Waals surface area contributed by atoms with E-state index in [0.29, 0.717) is 15.8 Å². The van der Waals surface area contributed by atoms with Crippen molar-refractivity contribution in [1.82, 2.24) is 4.98 Å². The van der Waals surface area contributed by atoms with Gasteiger partial charge in [0.2, 0.25) is 0 Å². The molecule has 0 aliphatic rings. The number of hydrogen-bond donors (Lipinski definition) is 1. The molecule has 0 fully saturated rings. The maximum absolute atomic E-state index is 8.94. The van der Waals surface area contributed by atoms with Crippen LogP contribution >= 0.6 is 23.4 Å². The number of benzene rings is 1. The maximum atomic E-state index is 8.94. The van der Waals surface area contributed by atoms with E-state index in [-0.39, 0.29) is 6.61 Å². The summed E-state index contributed by atoms with van der Waals surface area (Å²) < 4.78 is 5.09. The first kappa shape index (κ1) is 10.5. The van der Waals surface area contributed by atoms with Gasteiger partial charge in [0.25, 0.3) is 5.22 Å². The van der Waals surface area contributed by atoms with Gasteiger partial charge in [-0.3, -0.25) is 0 Å². The Morgan fingerprint density at radius 1 is 1.47 bits per heavy atom. The first-order chi connectivity index (χ1) is 7.29. The topological polar surface area (TPSA) is 46.3 Å². The zero-order valence-electron chi connectivity index (χ0n) is 7.68. The number of aliphatic hydroxyl groups is 1. The van der Waals surface area contributed by atoms with Crippen molar-refractivity contribution >= 4 is 23.4 Å². The van der Waals surface area contributed by atoms with E-state index in [2.05, 4.69) is 4.98 Å². The van der Waals surface area contributed by atoms with Crippen molar-refractivity contribution in [3.8, 4) is 0 Å². The zero-order valence-corrected chi connectivity index (χ0v) is 9.26. The van der Waals surface area contributed by atoms with Crippen LogP contribution in [0.3, 0.4) is 0 Å². The third-order valence-electron chi connectivity index (χ3n) is 1.81. The second-order valence-electron chi connectivity index (χ2n) is 2.81. The number of halogens is 1. The predicted molar refractivity (Wildman–Crippen MR) is 58.0 cm³/mol. The first-order valence-electron chi connectivity index (χ1n) is 4.26. The molecule has 0 saturated carbocycles. The van der Waals surface area contributed by atoms with Gasteiger partial charge in [0.1, 0.15) is 6.26 Å². The number of aromatic nitrogens is 1. The van der Waals surface area contributed by atoms with Gasteiger partial charge in [0.15, 0.2) is 0 Å². The minimum atomic E-state index is -0.0528. The van der Waals surface area contributed by atoms with E-state index >= 15 is 0 Å². The van der Waals surface area contributed by atoms with Crippen molar-refractivity contribution in [1.29, 1.82) is 0 Å². The number of rotatable bonds is 3. The Labute approximate surface area is 96.1 Å². The molecular formula is C10H8ClNO2S. The van der Waals surface area contributed by atoms with Crippen LogP contribution in [0, 0.1) is 0 Å². The Balaban J connectivity index is 2.20. The molecule has 0 amide bonds. The van der Waals surface area contributed by atoms with Gasteiger partial charge in [-0.15, -0.1) is 0 Å². The summed E-state index contributed by atoms with van der Waals surface area (Å²) in [5, 5.41) is 10.1. The summed E-state index contributed by atoms with van der Waals surface area (Å²) in [6.45, 7) is -0.0528. The summed E-state index contributed by atoms with van der Waals surface area (Å²) in [6, 6.07) is 5.43. The number of hydrogen-bond acceptors (Lipinski definition) is 4. The van der Waals surface area contributed by atoms with Crippen LogP contribution in [0.2, 0.25) is 5.02 Å². The normalized spacial score (nSPS) is 10.5. The highest BCUT2D eigenvalue weighted by Crippen LogP contribution is 2.29. The fraction of sp³-hybridized carbons (Fsp3) is 0.100. The lowest BCUT2D eigenvalue weighted by atomic mass is 10.2. The highest BCUT2D eigenvalue weighted by Gasteiger charge is 2.04. The fourth-order valence-corrected chi connectivity index (χ4v) is 2.12. The molecule has 0 aliphatic carbocycles. The Morgan fingerprint density at radius 3 is 2.93 bits per heavy atom. The van der Waals surface area contributed by atoms with Gasteiger partial charge in [-0.05, 0) is 29.5 Å². The van der Waals surface area contributed by atoms with Crippen LogP contribution in [-0.4, -0.2) is 10.1 Å². The molecule has 0 saturated heterocycles. The van der Waals surface area contributed by atoms with Crippen LogP contribution in [0.5, 0.6) is 0 Å². The Hall–Kier alpha value is -0.970. The van der Waals surface area contributed by atoms with Crippen LogP contribution in [-0.2, 0) is 6.61 Å². The molecule has 1 aromatic heterocycles. The molecule has 0 unspecified atom stereocenters. The molecule has 78 valence electrons. The van der Waals surface area contributed by atoms with Crippen LogP contribution in [0.15, 0.2) is 45.2 Å². The molecule has 1 aromatic carbocycles. The first-order valence-corrected chi connectivity index (χ1v) is 5.45. The van der Waals surface area contributed by atoms with Gasteiger partial charge in [0, 0.05) is 9.92 Å². The van der Waals surface area contributed by atoms with Gasteiger partial charge < -0.3 is 9.52 Å². The quantitative estimate of drug-likeness (QED) is 0.898. The summed E-state index contributed by atoms with van der Waals surface area (Å²) in [4.78, 5) is 4.92. The van der Waals surface area contributed by atoms with Crippen LogP contribution in [0.1, 0.15) is 5.56 Å². The van der Waals surface area contributed by atoms with Crippen molar-refractivity contribution in [3.63, 3.8) is 0 Å². The van der Waals surface area contributed by atoms with E-state index < -0.39 is 0 Å². The summed E-state index contributed by atoms with van der Waals surface area (Å²) in [7, 11) is 0. The second-order valence-corrected chi connectivity index (χ2v) is 4.24. The largest absolute Gasteiger partial charge is 0.440 e. The molecular weight excluding hydrogens is 234 g/mol. The highest BCUT2D eigenvalue weighted by atomic mass is 35.5. The molecule has 5 heteroatoms. The van der Waals surface area contributed by atoms with Crippen molar-refractivity contribution in [2.24, 2.45) is 0 Å². The summed E-state index contributed by atoms with van der Waals surface area (Å²) >= 11 is 7.33.